The van der Waals surface area contributed by atoms with E-state index in [0.717, 1.165) is 62.4 Å². The molecule has 0 aliphatic rings. The lowest BCUT2D eigenvalue weighted by Gasteiger charge is -2.21. The summed E-state index contributed by atoms with van der Waals surface area (Å²) in [5, 5.41) is 15.3. The van der Waals surface area contributed by atoms with Crippen molar-refractivity contribution in [3.8, 4) is 0 Å². The van der Waals surface area contributed by atoms with E-state index in [1.807, 2.05) is 30.3 Å². The zero-order valence-electron chi connectivity index (χ0n) is 18.5. The van der Waals surface area contributed by atoms with Crippen molar-refractivity contribution < 1.29 is 0 Å². The summed E-state index contributed by atoms with van der Waals surface area (Å²) in [6, 6.07) is 0.383. The fraction of sp³-hybridized carbons (Fsp3) is 0.842. The Hall–Kier alpha value is -0.550. The Kier molecular flexibility index (Phi) is 15.9. The third-order valence-corrected chi connectivity index (χ3v) is 5.46. The van der Waals surface area contributed by atoms with E-state index in [-0.39, 0.29) is 24.0 Å². The molecule has 0 aromatic carbocycles. The number of nitrogens with zero attached hydrogens (tertiary/aromatic N) is 5. The summed E-state index contributed by atoms with van der Waals surface area (Å²) in [4.78, 5) is 7.21. The molecule has 9 heteroatoms. The highest BCUT2D eigenvalue weighted by Gasteiger charge is 2.09. The summed E-state index contributed by atoms with van der Waals surface area (Å²) in [6.45, 7) is 13.5. The van der Waals surface area contributed by atoms with Gasteiger partial charge >= 0.3 is 0 Å². The molecule has 1 aromatic heterocycles. The van der Waals surface area contributed by atoms with Crippen molar-refractivity contribution in [3.05, 3.63) is 11.6 Å². The Bertz CT molecular complexity index is 546. The van der Waals surface area contributed by atoms with Gasteiger partial charge in [-0.2, -0.15) is 11.8 Å². The summed E-state index contributed by atoms with van der Waals surface area (Å²) < 4.78 is 1.99. The lowest BCUT2D eigenvalue weighted by molar-refractivity contribution is 0.292. The molecular formula is C19H40IN7S. The minimum atomic E-state index is 0. The molecular weight excluding hydrogens is 485 g/mol. The minimum absolute atomic E-state index is 0. The van der Waals surface area contributed by atoms with E-state index in [4.69, 9.17) is 4.99 Å². The van der Waals surface area contributed by atoms with Gasteiger partial charge in [0, 0.05) is 19.6 Å². The van der Waals surface area contributed by atoms with Crippen LogP contribution < -0.4 is 10.6 Å². The molecule has 1 atom stereocenters. The van der Waals surface area contributed by atoms with Gasteiger partial charge in [-0.1, -0.05) is 13.8 Å². The Morgan fingerprint density at radius 3 is 2.54 bits per heavy atom. The van der Waals surface area contributed by atoms with Gasteiger partial charge in [-0.15, -0.1) is 34.2 Å². The van der Waals surface area contributed by atoms with Crippen LogP contribution >= 0.6 is 35.7 Å². The van der Waals surface area contributed by atoms with E-state index < -0.39 is 0 Å². The summed E-state index contributed by atoms with van der Waals surface area (Å²) in [6.07, 6.45) is 5.59. The predicted octanol–water partition coefficient (Wildman–Crippen LogP) is 3.04. The molecule has 1 unspecified atom stereocenters. The number of rotatable bonds is 13. The summed E-state index contributed by atoms with van der Waals surface area (Å²) in [7, 11) is 1.98. The molecule has 0 amide bonds. The van der Waals surface area contributed by atoms with Crippen molar-refractivity contribution >= 4 is 41.7 Å². The monoisotopic (exact) mass is 525 g/mol. The molecule has 0 bridgehead atoms. The number of aromatic nitrogens is 3. The van der Waals surface area contributed by atoms with Gasteiger partial charge < -0.3 is 20.1 Å². The van der Waals surface area contributed by atoms with Crippen LogP contribution in [0, 0.1) is 6.92 Å². The fourth-order valence-electron chi connectivity index (χ4n) is 2.78. The van der Waals surface area contributed by atoms with Gasteiger partial charge in [0.25, 0.3) is 0 Å². The molecule has 0 radical (unpaired) electrons. The van der Waals surface area contributed by atoms with Gasteiger partial charge in [0.05, 0.1) is 0 Å². The topological polar surface area (TPSA) is 70.4 Å². The van der Waals surface area contributed by atoms with E-state index in [1.165, 1.54) is 6.42 Å². The lowest BCUT2D eigenvalue weighted by Crippen LogP contribution is -2.43. The number of hydrogen-bond donors (Lipinski definition) is 2. The number of halogens is 1. The molecule has 0 fully saturated rings. The molecule has 1 rings (SSSR count). The summed E-state index contributed by atoms with van der Waals surface area (Å²) in [5.41, 5.74) is 0. The van der Waals surface area contributed by atoms with E-state index in [0.29, 0.717) is 12.6 Å². The van der Waals surface area contributed by atoms with Crippen molar-refractivity contribution in [3.63, 3.8) is 0 Å². The van der Waals surface area contributed by atoms with Crippen molar-refractivity contribution in [2.24, 2.45) is 12.0 Å². The molecule has 1 heterocycles. The average Bonchev–Trinajstić information content (AvgIpc) is 2.98. The average molecular weight is 526 g/mol. The van der Waals surface area contributed by atoms with Crippen molar-refractivity contribution in [1.82, 2.24) is 30.3 Å². The predicted molar refractivity (Wildman–Crippen MR) is 133 cm³/mol. The second kappa shape index (κ2) is 16.3. The maximum absolute atomic E-state index is 4.74. The molecule has 164 valence electrons. The molecule has 0 saturated heterocycles. The third-order valence-electron chi connectivity index (χ3n) is 4.77. The van der Waals surface area contributed by atoms with Gasteiger partial charge in [-0.3, -0.25) is 0 Å². The second-order valence-corrected chi connectivity index (χ2v) is 7.86. The molecule has 1 aromatic rings. The number of guanidine groups is 1. The van der Waals surface area contributed by atoms with Crippen molar-refractivity contribution in [2.75, 3.05) is 38.2 Å². The van der Waals surface area contributed by atoms with Gasteiger partial charge in [-0.05, 0) is 64.8 Å². The number of aryl methyl sites for hydroxylation is 1. The van der Waals surface area contributed by atoms with E-state index in [9.17, 15) is 0 Å². The largest absolute Gasteiger partial charge is 0.356 e. The first kappa shape index (κ1) is 27.5. The molecule has 0 aliphatic carbocycles. The Morgan fingerprint density at radius 2 is 1.96 bits per heavy atom. The van der Waals surface area contributed by atoms with Crippen molar-refractivity contribution in [2.45, 2.75) is 59.5 Å². The molecule has 2 N–H and O–H groups in total. The number of aliphatic imine (C=N–C) groups is 1. The van der Waals surface area contributed by atoms with Crippen LogP contribution in [0.15, 0.2) is 4.99 Å². The van der Waals surface area contributed by atoms with E-state index in [1.54, 1.807) is 0 Å². The van der Waals surface area contributed by atoms with Crippen LogP contribution in [0.25, 0.3) is 0 Å². The maximum Gasteiger partial charge on any atom is 0.191 e. The van der Waals surface area contributed by atoms with Crippen LogP contribution in [0.2, 0.25) is 0 Å². The first-order valence-corrected chi connectivity index (χ1v) is 11.5. The number of nitrogens with one attached hydrogen (secondary N) is 2. The SMILES string of the molecule is CCN(CC)CCCC(C)NC(=NCc1nnc(C)n1C)NCCCSC.I. The molecule has 28 heavy (non-hydrogen) atoms. The Labute approximate surface area is 192 Å². The molecule has 7 nitrogen and oxygen atoms in total. The Morgan fingerprint density at radius 1 is 1.25 bits per heavy atom. The smallest absolute Gasteiger partial charge is 0.191 e. The van der Waals surface area contributed by atoms with Gasteiger partial charge in [-0.25, -0.2) is 4.99 Å². The highest BCUT2D eigenvalue weighted by molar-refractivity contribution is 14.0. The van der Waals surface area contributed by atoms with Crippen LogP contribution in [0.4, 0.5) is 0 Å². The first-order valence-electron chi connectivity index (χ1n) is 10.1. The minimum Gasteiger partial charge on any atom is -0.356 e. The fourth-order valence-corrected chi connectivity index (χ4v) is 3.21. The zero-order valence-corrected chi connectivity index (χ0v) is 21.6. The van der Waals surface area contributed by atoms with E-state index in [2.05, 4.69) is 52.8 Å². The number of hydrogen-bond acceptors (Lipinski definition) is 5. The van der Waals surface area contributed by atoms with Crippen LogP contribution in [0.5, 0.6) is 0 Å². The van der Waals surface area contributed by atoms with E-state index >= 15 is 0 Å². The second-order valence-electron chi connectivity index (χ2n) is 6.87. The van der Waals surface area contributed by atoms with Crippen LogP contribution in [-0.2, 0) is 13.6 Å². The molecule has 0 saturated carbocycles. The summed E-state index contributed by atoms with van der Waals surface area (Å²) in [5.74, 6) is 3.81. The van der Waals surface area contributed by atoms with Crippen LogP contribution in [0.1, 0.15) is 51.7 Å². The highest BCUT2D eigenvalue weighted by atomic mass is 127. The maximum atomic E-state index is 4.74. The number of thioether (sulfide) groups is 1. The first-order chi connectivity index (χ1) is 13.0. The quantitative estimate of drug-likeness (QED) is 0.179. The summed E-state index contributed by atoms with van der Waals surface area (Å²) >= 11 is 1.87. The van der Waals surface area contributed by atoms with Gasteiger partial charge in [0.1, 0.15) is 12.4 Å². The van der Waals surface area contributed by atoms with Crippen LogP contribution in [-0.4, -0.2) is 69.9 Å². The Balaban J connectivity index is 0.00000729. The molecule has 0 spiro atoms. The molecule has 0 aliphatic heterocycles. The highest BCUT2D eigenvalue weighted by Crippen LogP contribution is 2.02. The third kappa shape index (κ3) is 10.8. The van der Waals surface area contributed by atoms with Gasteiger partial charge in [0.2, 0.25) is 0 Å². The van der Waals surface area contributed by atoms with Crippen molar-refractivity contribution in [1.29, 1.82) is 0 Å². The normalized spacial score (nSPS) is 12.8. The standard InChI is InChI=1S/C19H39N7S.HI/c1-7-26(8-2)13-9-11-16(3)22-19(20-12-10-14-27-6)21-15-18-24-23-17(4)25(18)5;/h16H,7-15H2,1-6H3,(H2,20,21,22);1H. The zero-order chi connectivity index (χ0) is 20.1. The van der Waals surface area contributed by atoms with Gasteiger partial charge in [0.15, 0.2) is 11.8 Å². The van der Waals surface area contributed by atoms with Crippen LogP contribution in [0.3, 0.4) is 0 Å². The lowest BCUT2D eigenvalue weighted by atomic mass is 10.2.